The predicted octanol–water partition coefficient (Wildman–Crippen LogP) is 2.11. The van der Waals surface area contributed by atoms with Crippen LogP contribution in [-0.2, 0) is 9.53 Å². The molecule has 2 amide bonds. The molecule has 1 saturated heterocycles. The lowest BCUT2D eigenvalue weighted by Crippen LogP contribution is -2.47. The van der Waals surface area contributed by atoms with Crippen molar-refractivity contribution in [3.8, 4) is 5.75 Å². The molecule has 0 aliphatic carbocycles. The summed E-state index contributed by atoms with van der Waals surface area (Å²) in [5.74, 6) is 0.544. The molecule has 1 aliphatic rings. The van der Waals surface area contributed by atoms with Gasteiger partial charge < -0.3 is 19.7 Å². The second-order valence-corrected chi connectivity index (χ2v) is 5.63. The normalized spacial score (nSPS) is 15.1. The van der Waals surface area contributed by atoms with Gasteiger partial charge in [-0.15, -0.1) is 0 Å². The number of likely N-dealkylation sites (tertiary alicyclic amines) is 1. The van der Waals surface area contributed by atoms with E-state index in [1.54, 1.807) is 11.8 Å². The maximum absolute atomic E-state index is 11.9. The van der Waals surface area contributed by atoms with Gasteiger partial charge in [0.25, 0.3) is 5.91 Å². The Morgan fingerprint density at radius 2 is 1.87 bits per heavy atom. The molecular weight excluding hydrogens is 296 g/mol. The average Bonchev–Trinajstić information content (AvgIpc) is 2.55. The quantitative estimate of drug-likeness (QED) is 0.902. The molecule has 0 unspecified atom stereocenters. The molecule has 0 radical (unpaired) electrons. The van der Waals surface area contributed by atoms with Gasteiger partial charge in [-0.25, -0.2) is 4.79 Å². The Bertz CT molecular complexity index is 522. The van der Waals surface area contributed by atoms with Gasteiger partial charge in [-0.05, 0) is 38.8 Å². The monoisotopic (exact) mass is 320 g/mol. The first kappa shape index (κ1) is 17.1. The summed E-state index contributed by atoms with van der Waals surface area (Å²) in [6.45, 7) is 5.37. The molecule has 126 valence electrons. The molecule has 6 nitrogen and oxygen atoms in total. The fourth-order valence-corrected chi connectivity index (χ4v) is 2.47. The van der Waals surface area contributed by atoms with E-state index in [0.717, 1.165) is 18.4 Å². The van der Waals surface area contributed by atoms with Gasteiger partial charge in [-0.1, -0.05) is 17.7 Å². The van der Waals surface area contributed by atoms with Crippen LogP contribution < -0.4 is 10.1 Å². The zero-order valence-electron chi connectivity index (χ0n) is 13.7. The van der Waals surface area contributed by atoms with Crippen molar-refractivity contribution in [1.29, 1.82) is 0 Å². The van der Waals surface area contributed by atoms with Crippen molar-refractivity contribution in [2.24, 2.45) is 0 Å². The van der Waals surface area contributed by atoms with E-state index in [9.17, 15) is 9.59 Å². The van der Waals surface area contributed by atoms with E-state index >= 15 is 0 Å². The Kier molecular flexibility index (Phi) is 6.26. The minimum Gasteiger partial charge on any atom is -0.484 e. The summed E-state index contributed by atoms with van der Waals surface area (Å²) < 4.78 is 10.4. The molecule has 0 saturated carbocycles. The second-order valence-electron chi connectivity index (χ2n) is 5.63. The average molecular weight is 320 g/mol. The number of ether oxygens (including phenoxy) is 2. The van der Waals surface area contributed by atoms with Gasteiger partial charge in [-0.3, -0.25) is 4.79 Å². The number of hydrogen-bond acceptors (Lipinski definition) is 4. The molecule has 1 aromatic rings. The number of amides is 2. The minimum atomic E-state index is -0.278. The summed E-state index contributed by atoms with van der Waals surface area (Å²) in [6.07, 6.45) is 1.18. The van der Waals surface area contributed by atoms with Crippen molar-refractivity contribution >= 4 is 12.0 Å². The fraction of sp³-hybridized carbons (Fsp3) is 0.529. The topological polar surface area (TPSA) is 67.9 Å². The van der Waals surface area contributed by atoms with Crippen LogP contribution in [-0.4, -0.2) is 49.2 Å². The molecule has 23 heavy (non-hydrogen) atoms. The third-order valence-corrected chi connectivity index (χ3v) is 3.78. The van der Waals surface area contributed by atoms with E-state index in [2.05, 4.69) is 5.32 Å². The van der Waals surface area contributed by atoms with E-state index < -0.39 is 0 Å². The number of benzene rings is 1. The van der Waals surface area contributed by atoms with Crippen LogP contribution in [0.4, 0.5) is 4.79 Å². The maximum Gasteiger partial charge on any atom is 0.409 e. The highest BCUT2D eigenvalue weighted by molar-refractivity contribution is 5.78. The molecule has 1 aliphatic heterocycles. The molecule has 1 fully saturated rings. The molecular formula is C17H24N2O4. The van der Waals surface area contributed by atoms with E-state index in [-0.39, 0.29) is 24.6 Å². The van der Waals surface area contributed by atoms with Crippen molar-refractivity contribution in [2.75, 3.05) is 26.3 Å². The van der Waals surface area contributed by atoms with Crippen LogP contribution in [0.2, 0.25) is 0 Å². The zero-order chi connectivity index (χ0) is 16.7. The summed E-state index contributed by atoms with van der Waals surface area (Å²) in [7, 11) is 0. The van der Waals surface area contributed by atoms with Crippen LogP contribution in [0.5, 0.6) is 5.75 Å². The SMILES string of the molecule is CCOC(=O)N1CCC(NC(=O)COc2ccc(C)cc2)CC1. The number of carbonyl (C=O) groups excluding carboxylic acids is 2. The van der Waals surface area contributed by atoms with Gasteiger partial charge in [0.15, 0.2) is 6.61 Å². The summed E-state index contributed by atoms with van der Waals surface area (Å²) >= 11 is 0. The summed E-state index contributed by atoms with van der Waals surface area (Å²) in [4.78, 5) is 25.2. The molecule has 0 aromatic heterocycles. The highest BCUT2D eigenvalue weighted by atomic mass is 16.6. The van der Waals surface area contributed by atoms with Crippen LogP contribution in [0.3, 0.4) is 0 Å². The third kappa shape index (κ3) is 5.47. The Hall–Kier alpha value is -2.24. The number of piperidine rings is 1. The Labute approximate surface area is 136 Å². The van der Waals surface area contributed by atoms with Gasteiger partial charge in [0.05, 0.1) is 6.61 Å². The third-order valence-electron chi connectivity index (χ3n) is 3.78. The molecule has 6 heteroatoms. The standard InChI is InChI=1S/C17H24N2O4/c1-3-22-17(21)19-10-8-14(9-11-19)18-16(20)12-23-15-6-4-13(2)5-7-15/h4-7,14H,3,8-12H2,1-2H3,(H,18,20). The first-order chi connectivity index (χ1) is 11.1. The highest BCUT2D eigenvalue weighted by Gasteiger charge is 2.24. The fourth-order valence-electron chi connectivity index (χ4n) is 2.47. The first-order valence-electron chi connectivity index (χ1n) is 7.99. The van der Waals surface area contributed by atoms with Crippen LogP contribution in [0, 0.1) is 6.92 Å². The number of rotatable bonds is 5. The lowest BCUT2D eigenvalue weighted by atomic mass is 10.1. The van der Waals surface area contributed by atoms with E-state index in [4.69, 9.17) is 9.47 Å². The van der Waals surface area contributed by atoms with Gasteiger partial charge in [0.2, 0.25) is 0 Å². The minimum absolute atomic E-state index is 0.00114. The smallest absolute Gasteiger partial charge is 0.409 e. The molecule has 1 N–H and O–H groups in total. The number of hydrogen-bond donors (Lipinski definition) is 1. The predicted molar refractivity (Wildman–Crippen MR) is 86.4 cm³/mol. The van der Waals surface area contributed by atoms with E-state index in [1.807, 2.05) is 31.2 Å². The molecule has 0 bridgehead atoms. The maximum atomic E-state index is 11.9. The van der Waals surface area contributed by atoms with Crippen molar-refractivity contribution in [2.45, 2.75) is 32.7 Å². The lowest BCUT2D eigenvalue weighted by Gasteiger charge is -2.31. The number of nitrogens with zero attached hydrogens (tertiary/aromatic N) is 1. The number of carbonyl (C=O) groups is 2. The Morgan fingerprint density at radius 1 is 1.22 bits per heavy atom. The van der Waals surface area contributed by atoms with E-state index in [0.29, 0.717) is 25.4 Å². The zero-order valence-corrected chi connectivity index (χ0v) is 13.7. The Balaban J connectivity index is 1.68. The molecule has 0 spiro atoms. The van der Waals surface area contributed by atoms with Crippen LogP contribution in [0.25, 0.3) is 0 Å². The van der Waals surface area contributed by atoms with Crippen molar-refractivity contribution in [3.63, 3.8) is 0 Å². The summed E-state index contributed by atoms with van der Waals surface area (Å²) in [5, 5.41) is 2.95. The van der Waals surface area contributed by atoms with Gasteiger partial charge in [0, 0.05) is 19.1 Å². The largest absolute Gasteiger partial charge is 0.484 e. The van der Waals surface area contributed by atoms with Crippen molar-refractivity contribution in [3.05, 3.63) is 29.8 Å². The van der Waals surface area contributed by atoms with Gasteiger partial charge in [0.1, 0.15) is 5.75 Å². The number of aryl methyl sites for hydroxylation is 1. The lowest BCUT2D eigenvalue weighted by molar-refractivity contribution is -0.124. The summed E-state index contributed by atoms with van der Waals surface area (Å²) in [6, 6.07) is 7.66. The van der Waals surface area contributed by atoms with Gasteiger partial charge in [-0.2, -0.15) is 0 Å². The molecule has 2 rings (SSSR count). The second kappa shape index (κ2) is 8.41. The molecule has 0 atom stereocenters. The molecule has 1 aromatic carbocycles. The Morgan fingerprint density at radius 3 is 2.48 bits per heavy atom. The van der Waals surface area contributed by atoms with Gasteiger partial charge >= 0.3 is 6.09 Å². The first-order valence-corrected chi connectivity index (χ1v) is 7.99. The van der Waals surface area contributed by atoms with Crippen molar-refractivity contribution < 1.29 is 19.1 Å². The summed E-state index contributed by atoms with van der Waals surface area (Å²) in [5.41, 5.74) is 1.15. The highest BCUT2D eigenvalue weighted by Crippen LogP contribution is 2.13. The van der Waals surface area contributed by atoms with Crippen LogP contribution in [0.15, 0.2) is 24.3 Å². The van der Waals surface area contributed by atoms with Crippen molar-refractivity contribution in [1.82, 2.24) is 10.2 Å². The van der Waals surface area contributed by atoms with E-state index in [1.165, 1.54) is 0 Å². The molecule has 1 heterocycles. The van der Waals surface area contributed by atoms with Crippen LogP contribution in [0.1, 0.15) is 25.3 Å². The number of nitrogens with one attached hydrogen (secondary N) is 1. The van der Waals surface area contributed by atoms with Crippen LogP contribution >= 0.6 is 0 Å².